The maximum absolute atomic E-state index is 14.0. The molecule has 4 heterocycles. The maximum atomic E-state index is 14.0. The van der Waals surface area contributed by atoms with Crippen molar-refractivity contribution in [3.8, 4) is 0 Å². The van der Waals surface area contributed by atoms with Crippen molar-refractivity contribution in [1.29, 1.82) is 0 Å². The summed E-state index contributed by atoms with van der Waals surface area (Å²) < 4.78 is 2.23. The standard InChI is InChI=1S/C43H48N6O/c1-32-13-19-36(20-14-32)39(24-28-47-26-6-7-27-47)40-12-8-9-37(46-40)21-22-43(50)49(38-10-4-3-5-11-38)31-35-17-15-34(16-18-35)30-48-33(2)45-41-29-44-25-23-42(41)48/h8-9,12-25,29,38H,3-7,10-11,26-28,30-31H2,1-2H3. The van der Waals surface area contributed by atoms with Gasteiger partial charge >= 0.3 is 0 Å². The number of carbonyl (C=O) groups excluding carboxylic acids is 1. The summed E-state index contributed by atoms with van der Waals surface area (Å²) in [6.07, 6.45) is 17.8. The Morgan fingerprint density at radius 1 is 0.860 bits per heavy atom. The van der Waals surface area contributed by atoms with Crippen molar-refractivity contribution < 1.29 is 4.79 Å². The highest BCUT2D eigenvalue weighted by Gasteiger charge is 2.24. The summed E-state index contributed by atoms with van der Waals surface area (Å²) in [5, 5.41) is 0. The zero-order chi connectivity index (χ0) is 34.3. The van der Waals surface area contributed by atoms with E-state index in [1.807, 2.05) is 37.5 Å². The second-order valence-corrected chi connectivity index (χ2v) is 14.0. The second kappa shape index (κ2) is 15.8. The maximum Gasteiger partial charge on any atom is 0.247 e. The van der Waals surface area contributed by atoms with Crippen LogP contribution in [0.3, 0.4) is 0 Å². The van der Waals surface area contributed by atoms with Crippen LogP contribution in [0.4, 0.5) is 0 Å². The summed E-state index contributed by atoms with van der Waals surface area (Å²) in [4.78, 5) is 32.5. The Morgan fingerprint density at radius 3 is 2.40 bits per heavy atom. The summed E-state index contributed by atoms with van der Waals surface area (Å²) in [6, 6.07) is 25.8. The molecule has 2 aliphatic rings. The molecule has 0 unspecified atom stereocenters. The summed E-state index contributed by atoms with van der Waals surface area (Å²) in [5.41, 5.74) is 9.62. The Hall–Kier alpha value is -4.88. The number of benzene rings is 2. The molecule has 1 amide bonds. The Balaban J connectivity index is 1.08. The van der Waals surface area contributed by atoms with Crippen molar-refractivity contribution in [3.63, 3.8) is 0 Å². The molecule has 7 heteroatoms. The van der Waals surface area contributed by atoms with Gasteiger partial charge in [0.15, 0.2) is 0 Å². The van der Waals surface area contributed by atoms with E-state index >= 15 is 0 Å². The predicted molar refractivity (Wildman–Crippen MR) is 202 cm³/mol. The van der Waals surface area contributed by atoms with Crippen LogP contribution in [0.25, 0.3) is 22.7 Å². The largest absolute Gasteiger partial charge is 0.332 e. The Bertz CT molecular complexity index is 1960. The fraction of sp³-hybridized carbons (Fsp3) is 0.349. The topological polar surface area (TPSA) is 67.2 Å². The number of likely N-dealkylation sites (tertiary alicyclic amines) is 1. The average molecular weight is 665 g/mol. The van der Waals surface area contributed by atoms with Gasteiger partial charge in [0.2, 0.25) is 5.91 Å². The van der Waals surface area contributed by atoms with Crippen molar-refractivity contribution in [2.75, 3.05) is 19.6 Å². The highest BCUT2D eigenvalue weighted by molar-refractivity contribution is 5.92. The number of carbonyl (C=O) groups is 1. The fourth-order valence-electron chi connectivity index (χ4n) is 7.45. The molecule has 2 aromatic carbocycles. The summed E-state index contributed by atoms with van der Waals surface area (Å²) in [7, 11) is 0. The van der Waals surface area contributed by atoms with Crippen LogP contribution in [-0.4, -0.2) is 60.9 Å². The van der Waals surface area contributed by atoms with Crippen LogP contribution in [0.2, 0.25) is 0 Å². The number of amides is 1. The molecule has 2 fully saturated rings. The minimum atomic E-state index is 0.0469. The van der Waals surface area contributed by atoms with Gasteiger partial charge in [-0.2, -0.15) is 0 Å². The minimum Gasteiger partial charge on any atom is -0.332 e. The van der Waals surface area contributed by atoms with Gasteiger partial charge in [-0.3, -0.25) is 14.7 Å². The highest BCUT2D eigenvalue weighted by atomic mass is 16.2. The molecular weight excluding hydrogens is 617 g/mol. The van der Waals surface area contributed by atoms with Crippen molar-refractivity contribution in [2.45, 2.75) is 77.9 Å². The van der Waals surface area contributed by atoms with Crippen molar-refractivity contribution in [2.24, 2.45) is 0 Å². The fourth-order valence-corrected chi connectivity index (χ4v) is 7.45. The van der Waals surface area contributed by atoms with Crippen LogP contribution in [-0.2, 0) is 17.9 Å². The number of aromatic nitrogens is 4. The minimum absolute atomic E-state index is 0.0469. The van der Waals surface area contributed by atoms with E-state index in [0.717, 1.165) is 78.4 Å². The third kappa shape index (κ3) is 8.11. The number of rotatable bonds is 11. The van der Waals surface area contributed by atoms with Gasteiger partial charge in [-0.25, -0.2) is 9.97 Å². The van der Waals surface area contributed by atoms with E-state index in [2.05, 4.69) is 98.0 Å². The molecule has 1 aliphatic carbocycles. The molecule has 7 nitrogen and oxygen atoms in total. The van der Waals surface area contributed by atoms with Crippen LogP contribution in [0, 0.1) is 13.8 Å². The van der Waals surface area contributed by atoms with E-state index < -0.39 is 0 Å². The molecule has 1 saturated carbocycles. The van der Waals surface area contributed by atoms with Crippen LogP contribution in [0.5, 0.6) is 0 Å². The third-order valence-electron chi connectivity index (χ3n) is 10.3. The van der Waals surface area contributed by atoms with E-state index in [9.17, 15) is 4.79 Å². The SMILES string of the molecule is Cc1ccc(C(=CCN2CCCC2)c2cccc(C=CC(=O)N(Cc3ccc(Cn4c(C)nc5cnccc54)cc3)C3CCCCC3)n2)cc1. The Morgan fingerprint density at radius 2 is 1.62 bits per heavy atom. The molecule has 0 atom stereocenters. The summed E-state index contributed by atoms with van der Waals surface area (Å²) >= 11 is 0. The number of hydrogen-bond acceptors (Lipinski definition) is 5. The van der Waals surface area contributed by atoms with Gasteiger partial charge in [0, 0.05) is 43.5 Å². The molecule has 0 radical (unpaired) electrons. The summed E-state index contributed by atoms with van der Waals surface area (Å²) in [5.74, 6) is 1.02. The Labute approximate surface area is 296 Å². The van der Waals surface area contributed by atoms with E-state index in [1.165, 1.54) is 48.8 Å². The quantitative estimate of drug-likeness (QED) is 0.133. The molecular formula is C43H48N6O. The molecule has 0 spiro atoms. The van der Waals surface area contributed by atoms with E-state index in [1.54, 1.807) is 6.08 Å². The highest BCUT2D eigenvalue weighted by Crippen LogP contribution is 2.27. The number of imidazole rings is 1. The Kier molecular flexibility index (Phi) is 10.6. The molecule has 3 aromatic heterocycles. The van der Waals surface area contributed by atoms with E-state index in [0.29, 0.717) is 6.54 Å². The van der Waals surface area contributed by atoms with Gasteiger partial charge in [-0.15, -0.1) is 0 Å². The van der Waals surface area contributed by atoms with Crippen molar-refractivity contribution in [3.05, 3.63) is 137 Å². The summed E-state index contributed by atoms with van der Waals surface area (Å²) in [6.45, 7) is 8.71. The van der Waals surface area contributed by atoms with Crippen molar-refractivity contribution >= 4 is 28.6 Å². The number of aryl methyl sites for hydroxylation is 2. The van der Waals surface area contributed by atoms with Gasteiger partial charge in [0.25, 0.3) is 0 Å². The smallest absolute Gasteiger partial charge is 0.247 e. The molecule has 7 rings (SSSR count). The van der Waals surface area contributed by atoms with Gasteiger partial charge in [-0.1, -0.05) is 85.5 Å². The normalized spacial score (nSPS) is 16.1. The first-order valence-corrected chi connectivity index (χ1v) is 18.3. The van der Waals surface area contributed by atoms with E-state index in [4.69, 9.17) is 4.98 Å². The first-order chi connectivity index (χ1) is 24.5. The lowest BCUT2D eigenvalue weighted by atomic mass is 9.93. The third-order valence-corrected chi connectivity index (χ3v) is 10.3. The van der Waals surface area contributed by atoms with Crippen LogP contribution in [0.15, 0.2) is 97.3 Å². The second-order valence-electron chi connectivity index (χ2n) is 14.0. The monoisotopic (exact) mass is 664 g/mol. The number of nitrogens with zero attached hydrogens (tertiary/aromatic N) is 6. The number of hydrogen-bond donors (Lipinski definition) is 0. The molecule has 1 saturated heterocycles. The van der Waals surface area contributed by atoms with Crippen LogP contribution in [0.1, 0.15) is 84.4 Å². The van der Waals surface area contributed by atoms with Crippen LogP contribution >= 0.6 is 0 Å². The first-order valence-electron chi connectivity index (χ1n) is 18.3. The molecule has 256 valence electrons. The average Bonchev–Trinajstić information content (AvgIpc) is 3.79. The molecule has 5 aromatic rings. The van der Waals surface area contributed by atoms with Crippen molar-refractivity contribution in [1.82, 2.24) is 29.3 Å². The van der Waals surface area contributed by atoms with Gasteiger partial charge in [-0.05, 0) is 93.6 Å². The van der Waals surface area contributed by atoms with Gasteiger partial charge in [0.1, 0.15) is 11.3 Å². The first kappa shape index (κ1) is 33.6. The lowest BCUT2D eigenvalue weighted by Gasteiger charge is -2.34. The van der Waals surface area contributed by atoms with Gasteiger partial charge < -0.3 is 9.47 Å². The molecule has 50 heavy (non-hydrogen) atoms. The predicted octanol–water partition coefficient (Wildman–Crippen LogP) is 8.39. The zero-order valence-corrected chi connectivity index (χ0v) is 29.5. The lowest BCUT2D eigenvalue weighted by molar-refractivity contribution is -0.129. The molecule has 0 N–H and O–H groups in total. The molecule has 1 aliphatic heterocycles. The molecule has 0 bridgehead atoms. The lowest BCUT2D eigenvalue weighted by Crippen LogP contribution is -2.40. The number of fused-ring (bicyclic) bond motifs is 1. The zero-order valence-electron chi connectivity index (χ0n) is 29.5. The van der Waals surface area contributed by atoms with Crippen LogP contribution < -0.4 is 0 Å². The van der Waals surface area contributed by atoms with Gasteiger partial charge in [0.05, 0.1) is 23.1 Å². The number of pyridine rings is 2. The van der Waals surface area contributed by atoms with E-state index in [-0.39, 0.29) is 11.9 Å².